The molecule has 1 aliphatic heterocycles. The van der Waals surface area contributed by atoms with Crippen molar-refractivity contribution in [2.75, 3.05) is 0 Å². The number of hydrogen-bond donors (Lipinski definition) is 0. The number of benzene rings is 7. The van der Waals surface area contributed by atoms with Gasteiger partial charge in [0.25, 0.3) is 0 Å². The fraction of sp³-hybridized carbons (Fsp3) is 0.0185. The molecule has 2 aromatic heterocycles. The van der Waals surface area contributed by atoms with Crippen molar-refractivity contribution in [3.8, 4) is 61.6 Å². The summed E-state index contributed by atoms with van der Waals surface area (Å²) < 4.78 is 18.5. The minimum atomic E-state index is -3.35. The molecule has 0 N–H and O–H groups in total. The van der Waals surface area contributed by atoms with Crippen LogP contribution in [-0.4, -0.2) is 9.55 Å². The van der Waals surface area contributed by atoms with Crippen molar-refractivity contribution in [3.63, 3.8) is 0 Å². The topological polar surface area (TPSA) is 34.9 Å². The largest absolute Gasteiger partial charge is 0.309 e. The summed E-state index contributed by atoms with van der Waals surface area (Å²) in [5.41, 5.74) is 13.4. The Balaban J connectivity index is 1.26. The van der Waals surface area contributed by atoms with Gasteiger partial charge in [0, 0.05) is 27.1 Å². The molecule has 276 valence electrons. The molecule has 0 bridgehead atoms. The van der Waals surface area contributed by atoms with E-state index in [1.54, 1.807) is 0 Å². The maximum absolute atomic E-state index is 16.2. The molecule has 0 fully saturated rings. The van der Waals surface area contributed by atoms with Gasteiger partial charge in [0.05, 0.1) is 22.2 Å². The Bertz CT molecular complexity index is 2970. The van der Waals surface area contributed by atoms with Crippen LogP contribution in [0.15, 0.2) is 201 Å². The summed E-state index contributed by atoms with van der Waals surface area (Å²) in [5, 5.41) is 3.50. The van der Waals surface area contributed by atoms with Crippen molar-refractivity contribution in [2.45, 2.75) is 6.92 Å². The zero-order valence-electron chi connectivity index (χ0n) is 32.1. The maximum atomic E-state index is 16.2. The first-order chi connectivity index (χ1) is 28.6. The second kappa shape index (κ2) is 14.5. The number of rotatable bonds is 8. The van der Waals surface area contributed by atoms with Crippen LogP contribution in [0.1, 0.15) is 18.2 Å². The smallest absolute Gasteiger partial charge is 0.174 e. The molecule has 9 aromatic rings. The van der Waals surface area contributed by atoms with Gasteiger partial charge in [-0.3, -0.25) is 4.57 Å². The standard InChI is InChI=1S/C54H39N2OP/c1-3-16-50-45(4-2)47-33-34-48-46-23-14-15-24-51(46)58(57,44-21-12-7-13-22-44)54(48)53(47)56(50)52-36-43(41-27-25-39(26-28-41)37-17-8-5-9-18-37)35-49(55-52)42-31-29-40(30-32-42)38-19-10-6-11-20-38/h3-36H,2H2,1H3/b16-3-. The van der Waals surface area contributed by atoms with E-state index in [0.29, 0.717) is 0 Å². The maximum Gasteiger partial charge on any atom is 0.174 e. The van der Waals surface area contributed by atoms with Gasteiger partial charge in [0.1, 0.15) is 5.82 Å². The lowest BCUT2D eigenvalue weighted by Crippen LogP contribution is -2.22. The molecule has 1 unspecified atom stereocenters. The summed E-state index contributed by atoms with van der Waals surface area (Å²) in [6, 6.07) is 65.1. The predicted octanol–water partition coefficient (Wildman–Crippen LogP) is 13.0. The molecule has 10 rings (SSSR count). The van der Waals surface area contributed by atoms with Gasteiger partial charge >= 0.3 is 0 Å². The van der Waals surface area contributed by atoms with Gasteiger partial charge in [-0.1, -0.05) is 195 Å². The SMILES string of the molecule is C=Cc1c(/C=C\C)n(-c2cc(-c3ccc(-c4ccccc4)cc3)cc(-c3ccc(-c4ccccc4)cc3)n2)c2c3c(ccc12)-c1ccccc1P3(=O)c1ccccc1. The fourth-order valence-corrected chi connectivity index (χ4v) is 11.9. The molecule has 1 aliphatic rings. The van der Waals surface area contributed by atoms with E-state index < -0.39 is 7.14 Å². The second-order valence-electron chi connectivity index (χ2n) is 14.6. The summed E-state index contributed by atoms with van der Waals surface area (Å²) >= 11 is 0. The highest BCUT2D eigenvalue weighted by Crippen LogP contribution is 2.55. The predicted molar refractivity (Wildman–Crippen MR) is 246 cm³/mol. The average Bonchev–Trinajstić information content (AvgIpc) is 3.76. The molecule has 0 saturated heterocycles. The first-order valence-corrected chi connectivity index (χ1v) is 21.3. The number of nitrogens with zero attached hydrogens (tertiary/aromatic N) is 2. The first-order valence-electron chi connectivity index (χ1n) is 19.6. The lowest BCUT2D eigenvalue weighted by Gasteiger charge is -2.19. The number of allylic oxidation sites excluding steroid dienone is 1. The number of pyridine rings is 1. The highest BCUT2D eigenvalue weighted by atomic mass is 31.2. The molecule has 0 spiro atoms. The Labute approximate surface area is 339 Å². The van der Waals surface area contributed by atoms with Crippen LogP contribution in [0, 0.1) is 0 Å². The van der Waals surface area contributed by atoms with E-state index in [-0.39, 0.29) is 0 Å². The molecule has 3 nitrogen and oxygen atoms in total. The number of hydrogen-bond acceptors (Lipinski definition) is 2. The highest BCUT2D eigenvalue weighted by Gasteiger charge is 2.43. The van der Waals surface area contributed by atoms with E-state index in [9.17, 15) is 0 Å². The lowest BCUT2D eigenvalue weighted by molar-refractivity contribution is 0.593. The molecule has 7 aromatic carbocycles. The average molecular weight is 763 g/mol. The van der Waals surface area contributed by atoms with Crippen LogP contribution < -0.4 is 15.9 Å². The minimum Gasteiger partial charge on any atom is -0.309 e. The van der Waals surface area contributed by atoms with Gasteiger partial charge in [-0.2, -0.15) is 0 Å². The van der Waals surface area contributed by atoms with E-state index in [1.165, 1.54) is 11.1 Å². The van der Waals surface area contributed by atoms with Crippen LogP contribution >= 0.6 is 7.14 Å². The molecule has 4 heteroatoms. The number of fused-ring (bicyclic) bond motifs is 5. The van der Waals surface area contributed by atoms with E-state index in [1.807, 2.05) is 73.7 Å². The van der Waals surface area contributed by atoms with Gasteiger partial charge in [0.15, 0.2) is 7.14 Å². The summed E-state index contributed by atoms with van der Waals surface area (Å²) in [5.74, 6) is 0.738. The Morgan fingerprint density at radius 3 is 1.69 bits per heavy atom. The van der Waals surface area contributed by atoms with E-state index in [2.05, 4.69) is 151 Å². The van der Waals surface area contributed by atoms with Crippen LogP contribution in [0.3, 0.4) is 0 Å². The Morgan fingerprint density at radius 1 is 0.552 bits per heavy atom. The van der Waals surface area contributed by atoms with Crippen LogP contribution in [-0.2, 0) is 4.57 Å². The van der Waals surface area contributed by atoms with Gasteiger partial charge < -0.3 is 4.57 Å². The highest BCUT2D eigenvalue weighted by molar-refractivity contribution is 7.86. The Morgan fingerprint density at radius 2 is 1.09 bits per heavy atom. The van der Waals surface area contributed by atoms with E-state index in [4.69, 9.17) is 4.98 Å². The molecular formula is C54H39N2OP. The molecule has 1 atom stereocenters. The molecular weight excluding hydrogens is 724 g/mol. The van der Waals surface area contributed by atoms with Crippen molar-refractivity contribution in [3.05, 3.63) is 212 Å². The molecule has 0 radical (unpaired) electrons. The van der Waals surface area contributed by atoms with Crippen molar-refractivity contribution in [1.82, 2.24) is 9.55 Å². The molecule has 0 saturated carbocycles. The minimum absolute atomic E-state index is 0.738. The molecule has 58 heavy (non-hydrogen) atoms. The van der Waals surface area contributed by atoms with E-state index in [0.717, 1.165) is 88.5 Å². The van der Waals surface area contributed by atoms with Crippen LogP contribution in [0.2, 0.25) is 0 Å². The fourth-order valence-electron chi connectivity index (χ4n) is 8.61. The van der Waals surface area contributed by atoms with Crippen LogP contribution in [0.5, 0.6) is 0 Å². The monoisotopic (exact) mass is 762 g/mol. The van der Waals surface area contributed by atoms with Gasteiger partial charge in [0.2, 0.25) is 0 Å². The third kappa shape index (κ3) is 5.74. The molecule has 0 aliphatic carbocycles. The number of aromatic nitrogens is 2. The zero-order valence-corrected chi connectivity index (χ0v) is 33.0. The molecule has 0 amide bonds. The van der Waals surface area contributed by atoms with E-state index >= 15 is 4.57 Å². The summed E-state index contributed by atoms with van der Waals surface area (Å²) in [6.45, 7) is 6.35. The Hall–Kier alpha value is -7.06. The van der Waals surface area contributed by atoms with Crippen molar-refractivity contribution in [2.24, 2.45) is 0 Å². The Kier molecular flexibility index (Phi) is 8.82. The van der Waals surface area contributed by atoms with Crippen molar-refractivity contribution >= 4 is 46.1 Å². The summed E-state index contributed by atoms with van der Waals surface area (Å²) in [6.07, 6.45) is 6.10. The normalized spacial score (nSPS) is 14.4. The summed E-state index contributed by atoms with van der Waals surface area (Å²) in [7, 11) is -3.35. The van der Waals surface area contributed by atoms with Gasteiger partial charge in [-0.15, -0.1) is 0 Å². The third-order valence-electron chi connectivity index (χ3n) is 11.3. The van der Waals surface area contributed by atoms with Crippen LogP contribution in [0.4, 0.5) is 0 Å². The van der Waals surface area contributed by atoms with Crippen molar-refractivity contribution < 1.29 is 4.57 Å². The second-order valence-corrected chi connectivity index (χ2v) is 17.3. The van der Waals surface area contributed by atoms with Gasteiger partial charge in [-0.05, 0) is 69.6 Å². The first kappa shape index (κ1) is 35.4. The lowest BCUT2D eigenvalue weighted by atomic mass is 9.98. The third-order valence-corrected chi connectivity index (χ3v) is 14.5. The van der Waals surface area contributed by atoms with Gasteiger partial charge in [-0.25, -0.2) is 4.98 Å². The zero-order chi connectivity index (χ0) is 39.2. The van der Waals surface area contributed by atoms with Crippen LogP contribution in [0.25, 0.3) is 84.6 Å². The van der Waals surface area contributed by atoms with Crippen molar-refractivity contribution in [1.29, 1.82) is 0 Å². The summed E-state index contributed by atoms with van der Waals surface area (Å²) in [4.78, 5) is 5.51. The molecule has 3 heterocycles. The quantitative estimate of drug-likeness (QED) is 0.145.